The Hall–Kier alpha value is -2.33. The summed E-state index contributed by atoms with van der Waals surface area (Å²) in [5, 5.41) is -0.0444. The van der Waals surface area contributed by atoms with E-state index in [-0.39, 0.29) is 45.5 Å². The van der Waals surface area contributed by atoms with E-state index in [1.807, 2.05) is 4.57 Å². The molecule has 2 heterocycles. The summed E-state index contributed by atoms with van der Waals surface area (Å²) < 4.78 is 27.0. The van der Waals surface area contributed by atoms with Crippen molar-refractivity contribution in [1.29, 1.82) is 0 Å². The van der Waals surface area contributed by atoms with Gasteiger partial charge in [0, 0.05) is 12.3 Å². The van der Waals surface area contributed by atoms with Crippen LogP contribution < -0.4 is 4.90 Å². The molecule has 270 valence electrons. The number of imide groups is 1. The number of carbonyl (C=O) groups is 2. The average Bonchev–Trinajstić information content (AvgIpc) is 3.39. The molecule has 0 radical (unpaired) electrons. The van der Waals surface area contributed by atoms with Crippen LogP contribution >= 0.6 is 11.6 Å². The van der Waals surface area contributed by atoms with Crippen molar-refractivity contribution >= 4 is 59.0 Å². The number of carbonyl (C=O) groups excluding carboxylic acids is 2. The van der Waals surface area contributed by atoms with Gasteiger partial charge in [-0.1, -0.05) is 59.7 Å². The molecule has 0 aromatic carbocycles. The first-order chi connectivity index (χ1) is 21.6. The van der Waals surface area contributed by atoms with Gasteiger partial charge in [-0.25, -0.2) is 14.6 Å². The van der Waals surface area contributed by atoms with Crippen molar-refractivity contribution in [3.8, 4) is 0 Å². The molecule has 2 amide bonds. The maximum atomic E-state index is 13.5. The molecule has 14 heteroatoms. The van der Waals surface area contributed by atoms with Crippen molar-refractivity contribution in [2.24, 2.45) is 22.7 Å². The van der Waals surface area contributed by atoms with Crippen molar-refractivity contribution in [2.45, 2.75) is 139 Å². The Morgan fingerprint density at radius 2 is 1.46 bits per heavy atom. The topological polar surface area (TPSA) is 118 Å². The van der Waals surface area contributed by atoms with Crippen molar-refractivity contribution in [3.63, 3.8) is 0 Å². The van der Waals surface area contributed by atoms with Crippen LogP contribution in [0.25, 0.3) is 11.2 Å². The summed E-state index contributed by atoms with van der Waals surface area (Å²) in [6.07, 6.45) is 0.123. The SMILES string of the molecule is C=C1[C@H](C(O[SiH](C)C)C(C)(C)C)[C@@H](C(C)(C)C)C[C@@]1(O[SiH](C)C)n1cnc2c(Cl)nc(N(C(=O)OC(C)(C)C)C(=O)OC(C)(C)C)nc21. The highest BCUT2D eigenvalue weighted by Crippen LogP contribution is 2.58. The predicted molar refractivity (Wildman–Crippen MR) is 197 cm³/mol. The van der Waals surface area contributed by atoms with Crippen LogP contribution in [-0.2, 0) is 24.1 Å². The number of halogens is 1. The van der Waals surface area contributed by atoms with Gasteiger partial charge in [0.2, 0.25) is 5.95 Å². The smallest absolute Gasteiger partial charge is 0.427 e. The van der Waals surface area contributed by atoms with Gasteiger partial charge in [0.1, 0.15) is 16.7 Å². The predicted octanol–water partition coefficient (Wildman–Crippen LogP) is 8.46. The molecule has 1 fully saturated rings. The average molecular weight is 724 g/mol. The minimum absolute atomic E-state index is 0.0444. The summed E-state index contributed by atoms with van der Waals surface area (Å²) in [6, 6.07) is 0. The number of nitrogens with zero attached hydrogens (tertiary/aromatic N) is 5. The third-order valence-corrected chi connectivity index (χ3v) is 10.0. The number of fused-ring (bicyclic) bond motifs is 1. The quantitative estimate of drug-likeness (QED) is 0.158. The zero-order valence-electron chi connectivity index (χ0n) is 31.9. The van der Waals surface area contributed by atoms with Crippen LogP contribution in [0.4, 0.5) is 15.5 Å². The Bertz CT molecular complexity index is 1490. The molecule has 0 aliphatic heterocycles. The summed E-state index contributed by atoms with van der Waals surface area (Å²) in [6.45, 7) is 37.0. The van der Waals surface area contributed by atoms with Crippen molar-refractivity contribution in [3.05, 3.63) is 23.6 Å². The second kappa shape index (κ2) is 13.8. The lowest BCUT2D eigenvalue weighted by Crippen LogP contribution is -2.45. The van der Waals surface area contributed by atoms with Crippen molar-refractivity contribution < 1.29 is 27.9 Å². The normalized spacial score (nSPS) is 21.7. The molecule has 0 spiro atoms. The number of hydrogen-bond donors (Lipinski definition) is 0. The highest BCUT2D eigenvalue weighted by atomic mass is 35.5. The molecule has 2 aromatic heterocycles. The lowest BCUT2D eigenvalue weighted by Gasteiger charge is -2.43. The van der Waals surface area contributed by atoms with Crippen LogP contribution in [0.3, 0.4) is 0 Å². The fraction of sp³-hybridized carbons (Fsp3) is 0.735. The first-order valence-electron chi connectivity index (χ1n) is 16.8. The fourth-order valence-corrected chi connectivity index (χ4v) is 8.83. The number of imidazole rings is 1. The van der Waals surface area contributed by atoms with Crippen LogP contribution in [0.2, 0.25) is 31.3 Å². The summed E-state index contributed by atoms with van der Waals surface area (Å²) in [5.74, 6) is -0.241. The number of anilines is 1. The number of amides is 2. The lowest BCUT2D eigenvalue weighted by atomic mass is 9.68. The molecule has 0 saturated heterocycles. The van der Waals surface area contributed by atoms with Crippen LogP contribution in [0.5, 0.6) is 0 Å². The molecule has 2 aromatic rings. The molecule has 4 atom stereocenters. The molecule has 1 aliphatic rings. The molecule has 1 unspecified atom stereocenters. The molecule has 0 N–H and O–H groups in total. The van der Waals surface area contributed by atoms with E-state index in [2.05, 4.69) is 77.7 Å². The molecule has 1 saturated carbocycles. The number of hydrogen-bond acceptors (Lipinski definition) is 9. The second-order valence-electron chi connectivity index (χ2n) is 17.5. The monoisotopic (exact) mass is 723 g/mol. The minimum Gasteiger partial charge on any atom is -0.443 e. The van der Waals surface area contributed by atoms with E-state index >= 15 is 0 Å². The van der Waals surface area contributed by atoms with E-state index < -0.39 is 47.2 Å². The first-order valence-corrected chi connectivity index (χ1v) is 22.7. The number of aromatic nitrogens is 4. The second-order valence-corrected chi connectivity index (χ2v) is 22.6. The standard InChI is InChI=1S/C34H58ClN5O6Si2/c1-20-22(24(31(5,6)7)45-47(14)15)21(30(2,3)4)18-34(20,46-48(16)17)39-19-36-23-25(35)37-27(38-26(23)39)40(28(41)43-32(8,9)10)29(42)44-33(11,12)13/h19,21-22,24,47-48H,1,18H2,2-17H3/t21-,22-,24?,34-/m0/s1. The molecule has 3 rings (SSSR count). The van der Waals surface area contributed by atoms with Gasteiger partial charge in [0.15, 0.2) is 34.6 Å². The molecule has 48 heavy (non-hydrogen) atoms. The molecule has 11 nitrogen and oxygen atoms in total. The largest absolute Gasteiger partial charge is 0.443 e. The molecule has 1 aliphatic carbocycles. The maximum Gasteiger partial charge on any atom is 0.427 e. The van der Waals surface area contributed by atoms with Crippen LogP contribution in [0, 0.1) is 22.7 Å². The van der Waals surface area contributed by atoms with Crippen molar-refractivity contribution in [2.75, 3.05) is 4.90 Å². The Kier molecular flexibility index (Phi) is 11.5. The van der Waals surface area contributed by atoms with Crippen LogP contribution in [-0.4, -0.2) is 67.1 Å². The maximum absolute atomic E-state index is 13.5. The molecular weight excluding hydrogens is 666 g/mol. The number of ether oxygens (including phenoxy) is 2. The van der Waals surface area contributed by atoms with Crippen LogP contribution in [0.1, 0.15) is 89.5 Å². The van der Waals surface area contributed by atoms with Gasteiger partial charge < -0.3 is 18.3 Å². The Morgan fingerprint density at radius 3 is 1.88 bits per heavy atom. The zero-order chi connectivity index (χ0) is 36.9. The highest BCUT2D eigenvalue weighted by Gasteiger charge is 2.58. The van der Waals surface area contributed by atoms with Gasteiger partial charge in [0.05, 0.1) is 12.4 Å². The van der Waals surface area contributed by atoms with E-state index in [0.29, 0.717) is 16.8 Å². The number of rotatable bonds is 7. The van der Waals surface area contributed by atoms with Crippen molar-refractivity contribution in [1.82, 2.24) is 19.5 Å². The minimum atomic E-state index is -1.77. The Balaban J connectivity index is 2.36. The fourth-order valence-electron chi connectivity index (χ4n) is 6.31. The molecule has 0 bridgehead atoms. The van der Waals surface area contributed by atoms with Crippen LogP contribution in [0.15, 0.2) is 18.5 Å². The van der Waals surface area contributed by atoms with Gasteiger partial charge in [-0.2, -0.15) is 9.97 Å². The van der Waals surface area contributed by atoms with Gasteiger partial charge in [-0.15, -0.1) is 4.90 Å². The van der Waals surface area contributed by atoms with E-state index in [1.54, 1.807) is 47.9 Å². The summed E-state index contributed by atoms with van der Waals surface area (Å²) in [5.41, 5.74) is -1.75. The highest BCUT2D eigenvalue weighted by molar-refractivity contribution is 6.48. The molecular formula is C34H58ClN5O6Si2. The summed E-state index contributed by atoms with van der Waals surface area (Å²) in [4.78, 5) is 41.5. The van der Waals surface area contributed by atoms with Gasteiger partial charge in [-0.3, -0.25) is 4.57 Å². The van der Waals surface area contributed by atoms with E-state index in [4.69, 9.17) is 41.5 Å². The van der Waals surface area contributed by atoms with Gasteiger partial charge >= 0.3 is 12.2 Å². The zero-order valence-corrected chi connectivity index (χ0v) is 35.0. The Morgan fingerprint density at radius 1 is 0.938 bits per heavy atom. The Labute approximate surface area is 295 Å². The first kappa shape index (κ1) is 40.1. The summed E-state index contributed by atoms with van der Waals surface area (Å²) >= 11 is 6.76. The van der Waals surface area contributed by atoms with E-state index in [9.17, 15) is 9.59 Å². The third kappa shape index (κ3) is 8.87. The summed E-state index contributed by atoms with van der Waals surface area (Å²) in [7, 11) is -3.23. The van der Waals surface area contributed by atoms with Gasteiger partial charge in [0.25, 0.3) is 0 Å². The third-order valence-electron chi connectivity index (χ3n) is 8.06. The van der Waals surface area contributed by atoms with E-state index in [0.717, 1.165) is 5.57 Å². The van der Waals surface area contributed by atoms with E-state index in [1.165, 1.54) is 0 Å². The van der Waals surface area contributed by atoms with Gasteiger partial charge in [-0.05, 0) is 90.1 Å². The lowest BCUT2D eigenvalue weighted by molar-refractivity contribution is 0.00573.